The van der Waals surface area contributed by atoms with Crippen LogP contribution in [0, 0.1) is 0 Å². The Labute approximate surface area is 77.4 Å². The van der Waals surface area contributed by atoms with Crippen LogP contribution in [0.15, 0.2) is 39.9 Å². The molecule has 0 spiro atoms. The average molecular weight is 173 g/mol. The maximum atomic E-state index is 11.1. The van der Waals surface area contributed by atoms with Crippen LogP contribution in [-0.2, 0) is 4.79 Å². The van der Waals surface area contributed by atoms with Crippen LogP contribution in [0.25, 0.3) is 0 Å². The lowest BCUT2D eigenvalue weighted by Gasteiger charge is -2.16. The lowest BCUT2D eigenvalue weighted by atomic mass is 9.92. The Morgan fingerprint density at radius 3 is 2.85 bits per heavy atom. The molecule has 1 aliphatic carbocycles. The van der Waals surface area contributed by atoms with Crippen LogP contribution < -0.4 is 0 Å². The molecular weight excluding hydrogens is 162 g/mol. The third-order valence-electron chi connectivity index (χ3n) is 2.28. The summed E-state index contributed by atoms with van der Waals surface area (Å²) in [4.78, 5) is 15.1. The van der Waals surface area contributed by atoms with Crippen molar-refractivity contribution in [1.29, 1.82) is 0 Å². The Morgan fingerprint density at radius 2 is 2.08 bits per heavy atom. The third-order valence-corrected chi connectivity index (χ3v) is 2.28. The number of carbonyl (C=O) groups is 1. The van der Waals surface area contributed by atoms with Crippen LogP contribution in [0.4, 0.5) is 0 Å². The molecule has 0 N–H and O–H groups in total. The highest BCUT2D eigenvalue weighted by Crippen LogP contribution is 2.23. The van der Waals surface area contributed by atoms with Gasteiger partial charge in [-0.1, -0.05) is 11.6 Å². The molecule has 2 aliphatic rings. The summed E-state index contributed by atoms with van der Waals surface area (Å²) in [6, 6.07) is 0. The van der Waals surface area contributed by atoms with Crippen LogP contribution in [0.1, 0.15) is 20.3 Å². The van der Waals surface area contributed by atoms with Gasteiger partial charge in [-0.3, -0.25) is 4.79 Å². The molecule has 66 valence electrons. The molecule has 2 rings (SSSR count). The van der Waals surface area contributed by atoms with E-state index in [2.05, 4.69) is 11.1 Å². The number of fused-ring (bicyclic) bond motifs is 1. The molecule has 0 aromatic rings. The minimum absolute atomic E-state index is 0.143. The van der Waals surface area contributed by atoms with Crippen molar-refractivity contribution in [2.75, 3.05) is 0 Å². The Balaban J connectivity index is 2.48. The zero-order valence-corrected chi connectivity index (χ0v) is 7.79. The Kier molecular flexibility index (Phi) is 1.76. The maximum Gasteiger partial charge on any atom is 0.270 e. The van der Waals surface area contributed by atoms with Gasteiger partial charge in [0.25, 0.3) is 5.91 Å². The zero-order valence-electron chi connectivity index (χ0n) is 7.79. The van der Waals surface area contributed by atoms with Crippen molar-refractivity contribution in [3.05, 3.63) is 34.9 Å². The molecule has 0 saturated carbocycles. The largest absolute Gasteiger partial charge is 0.270 e. The van der Waals surface area contributed by atoms with E-state index in [-0.39, 0.29) is 5.91 Å². The minimum Gasteiger partial charge on any atom is -0.267 e. The first kappa shape index (κ1) is 8.17. The summed E-state index contributed by atoms with van der Waals surface area (Å²) in [6.45, 7) is 4.00. The summed E-state index contributed by atoms with van der Waals surface area (Å²) in [6.07, 6.45) is 6.67. The van der Waals surface area contributed by atoms with Gasteiger partial charge in [-0.15, -0.1) is 0 Å². The second-order valence-corrected chi connectivity index (χ2v) is 3.48. The number of allylic oxidation sites excluding steroid dienone is 5. The number of dihydropyridines is 1. The van der Waals surface area contributed by atoms with Gasteiger partial charge in [-0.25, -0.2) is 4.99 Å². The normalized spacial score (nSPS) is 21.2. The van der Waals surface area contributed by atoms with Crippen LogP contribution in [0.3, 0.4) is 0 Å². The predicted octanol–water partition coefficient (Wildman–Crippen LogP) is 2.19. The number of hydrogen-bond donors (Lipinski definition) is 0. The van der Waals surface area contributed by atoms with Crippen LogP contribution in [0.2, 0.25) is 0 Å². The molecule has 0 aromatic carbocycles. The van der Waals surface area contributed by atoms with E-state index in [1.807, 2.05) is 19.9 Å². The van der Waals surface area contributed by atoms with Gasteiger partial charge in [-0.2, -0.15) is 0 Å². The van der Waals surface area contributed by atoms with Gasteiger partial charge in [0.15, 0.2) is 0 Å². The molecule has 2 heteroatoms. The van der Waals surface area contributed by atoms with Crippen molar-refractivity contribution >= 4 is 11.6 Å². The number of nitrogens with zero attached hydrogens (tertiary/aromatic N) is 1. The fraction of sp³-hybridized carbons (Fsp3) is 0.273. The highest BCUT2D eigenvalue weighted by Gasteiger charge is 2.17. The number of rotatable bonds is 0. The summed E-state index contributed by atoms with van der Waals surface area (Å²) in [7, 11) is 0. The van der Waals surface area contributed by atoms with Crippen molar-refractivity contribution < 1.29 is 4.79 Å². The molecule has 0 atom stereocenters. The summed E-state index contributed by atoms with van der Waals surface area (Å²) < 4.78 is 0. The van der Waals surface area contributed by atoms with E-state index in [0.29, 0.717) is 0 Å². The topological polar surface area (TPSA) is 29.4 Å². The van der Waals surface area contributed by atoms with Crippen molar-refractivity contribution in [3.63, 3.8) is 0 Å². The van der Waals surface area contributed by atoms with E-state index in [1.165, 1.54) is 5.57 Å². The van der Waals surface area contributed by atoms with E-state index in [0.717, 1.165) is 23.3 Å². The lowest BCUT2D eigenvalue weighted by Crippen LogP contribution is -2.13. The van der Waals surface area contributed by atoms with E-state index < -0.39 is 0 Å². The molecule has 1 amide bonds. The minimum atomic E-state index is -0.143. The van der Waals surface area contributed by atoms with Gasteiger partial charge in [0.2, 0.25) is 0 Å². The Morgan fingerprint density at radius 1 is 1.31 bits per heavy atom. The molecule has 0 bridgehead atoms. The highest BCUT2D eigenvalue weighted by molar-refractivity contribution is 6.20. The van der Waals surface area contributed by atoms with Crippen LogP contribution >= 0.6 is 0 Å². The molecule has 0 unspecified atom stereocenters. The monoisotopic (exact) mass is 173 g/mol. The quantitative estimate of drug-likeness (QED) is 0.552. The summed E-state index contributed by atoms with van der Waals surface area (Å²) >= 11 is 0. The van der Waals surface area contributed by atoms with E-state index in [9.17, 15) is 4.79 Å². The summed E-state index contributed by atoms with van der Waals surface area (Å²) in [5.74, 6) is -0.143. The Hall–Kier alpha value is -1.44. The number of carbonyl (C=O) groups excluding carboxylic acids is 1. The zero-order chi connectivity index (χ0) is 9.42. The second-order valence-electron chi connectivity index (χ2n) is 3.48. The molecular formula is C11H11NO. The molecule has 0 fully saturated rings. The fourth-order valence-corrected chi connectivity index (χ4v) is 1.61. The smallest absolute Gasteiger partial charge is 0.267 e. The van der Waals surface area contributed by atoms with Gasteiger partial charge >= 0.3 is 0 Å². The van der Waals surface area contributed by atoms with Gasteiger partial charge in [0.1, 0.15) is 0 Å². The standard InChI is InChI=1S/C11H11NO/c1-7-3-4-9-8(2)6-11(13)12-10(9)5-7/h4-6H,3H2,1-2H3. The van der Waals surface area contributed by atoms with Crippen molar-refractivity contribution in [2.45, 2.75) is 20.3 Å². The van der Waals surface area contributed by atoms with Crippen molar-refractivity contribution in [3.8, 4) is 0 Å². The molecule has 1 heterocycles. The van der Waals surface area contributed by atoms with Gasteiger partial charge in [0, 0.05) is 6.08 Å². The predicted molar refractivity (Wildman–Crippen MR) is 52.7 cm³/mol. The Bertz CT molecular complexity index is 394. The summed E-state index contributed by atoms with van der Waals surface area (Å²) in [5.41, 5.74) is 4.22. The first-order chi connectivity index (χ1) is 6.16. The lowest BCUT2D eigenvalue weighted by molar-refractivity contribution is -0.113. The van der Waals surface area contributed by atoms with Crippen molar-refractivity contribution in [2.24, 2.45) is 4.99 Å². The van der Waals surface area contributed by atoms with E-state index >= 15 is 0 Å². The van der Waals surface area contributed by atoms with Gasteiger partial charge < -0.3 is 0 Å². The maximum absolute atomic E-state index is 11.1. The third kappa shape index (κ3) is 1.39. The van der Waals surface area contributed by atoms with Crippen LogP contribution in [0.5, 0.6) is 0 Å². The molecule has 0 saturated heterocycles. The fourth-order valence-electron chi connectivity index (χ4n) is 1.61. The first-order valence-corrected chi connectivity index (χ1v) is 4.36. The van der Waals surface area contributed by atoms with E-state index in [4.69, 9.17) is 0 Å². The first-order valence-electron chi connectivity index (χ1n) is 4.36. The average Bonchev–Trinajstić information content (AvgIpc) is 2.02. The van der Waals surface area contributed by atoms with Crippen molar-refractivity contribution in [1.82, 2.24) is 0 Å². The molecule has 0 radical (unpaired) electrons. The second kappa shape index (κ2) is 2.80. The molecule has 2 nitrogen and oxygen atoms in total. The molecule has 1 aliphatic heterocycles. The number of aliphatic imine (C=N–C) groups is 1. The molecule has 13 heavy (non-hydrogen) atoms. The van der Waals surface area contributed by atoms with Gasteiger partial charge in [-0.05, 0) is 37.5 Å². The SMILES string of the molecule is CC1=CC2=NC(=O)C=C(C)C2=CC1. The molecule has 0 aromatic heterocycles. The summed E-state index contributed by atoms with van der Waals surface area (Å²) in [5, 5.41) is 0. The highest BCUT2D eigenvalue weighted by atomic mass is 16.1. The van der Waals surface area contributed by atoms with E-state index in [1.54, 1.807) is 6.08 Å². The van der Waals surface area contributed by atoms with Crippen LogP contribution in [-0.4, -0.2) is 11.6 Å². The van der Waals surface area contributed by atoms with Gasteiger partial charge in [0.05, 0.1) is 5.71 Å². The number of hydrogen-bond acceptors (Lipinski definition) is 1. The number of amides is 1.